The maximum atomic E-state index is 5.31. The normalized spacial score (nSPS) is 7.14. The summed E-state index contributed by atoms with van der Waals surface area (Å²) in [6.45, 7) is 5.31. The fraction of sp³-hybridized carbons (Fsp3) is 0.500. The first kappa shape index (κ1) is 11.4. The maximum Gasteiger partial charge on any atom is 0 e. The molecule has 0 amide bonds. The monoisotopic (exact) mass is 208 g/mol. The predicted octanol–water partition coefficient (Wildman–Crippen LogP) is 1.98. The van der Waals surface area contributed by atoms with Crippen LogP contribution < -0.4 is 0 Å². The fourth-order valence-electron chi connectivity index (χ4n) is 0.0833. The van der Waals surface area contributed by atoms with Gasteiger partial charge >= 0.3 is 0 Å². The zero-order valence-electron chi connectivity index (χ0n) is 4.47. The quantitative estimate of drug-likeness (QED) is 0.636. The summed E-state index contributed by atoms with van der Waals surface area (Å²) in [4.78, 5) is 0. The van der Waals surface area contributed by atoms with Crippen LogP contribution in [0.5, 0.6) is 0 Å². The summed E-state index contributed by atoms with van der Waals surface area (Å²) < 4.78 is 0.926. The van der Waals surface area contributed by atoms with Crippen molar-refractivity contribution < 1.29 is 32.7 Å². The van der Waals surface area contributed by atoms with Gasteiger partial charge in [-0.3, -0.25) is 0 Å². The van der Waals surface area contributed by atoms with E-state index in [0.717, 1.165) is 4.24 Å². The van der Waals surface area contributed by atoms with Crippen molar-refractivity contribution in [3.05, 3.63) is 10.8 Å². The molecule has 0 aromatic rings. The first-order chi connectivity index (χ1) is 2.81. The molecule has 1 radical (unpaired) electrons. The molecule has 0 nitrogen and oxygen atoms in total. The molecular weight excluding hydrogens is 201 g/mol. The van der Waals surface area contributed by atoms with Gasteiger partial charge in [0.05, 0.1) is 0 Å². The molecule has 0 bridgehead atoms. The van der Waals surface area contributed by atoms with Crippen LogP contribution in [-0.4, -0.2) is 12.5 Å². The molecule has 0 N–H and O–H groups in total. The minimum absolute atomic E-state index is 0. The van der Waals surface area contributed by atoms with Crippen molar-refractivity contribution in [2.24, 2.45) is 0 Å². The SMILES string of the molecule is [CH-]=C(SC)SC.[Y]. The van der Waals surface area contributed by atoms with Crippen molar-refractivity contribution in [2.45, 2.75) is 0 Å². The van der Waals surface area contributed by atoms with Crippen LogP contribution in [0.15, 0.2) is 4.24 Å². The summed E-state index contributed by atoms with van der Waals surface area (Å²) in [6, 6.07) is 0. The summed E-state index contributed by atoms with van der Waals surface area (Å²) in [5.41, 5.74) is 0. The Morgan fingerprint density at radius 3 is 1.57 bits per heavy atom. The molecule has 0 aromatic carbocycles. The molecule has 0 unspecified atom stereocenters. The number of hydrogen-bond donors (Lipinski definition) is 0. The van der Waals surface area contributed by atoms with E-state index in [2.05, 4.69) is 0 Å². The zero-order valence-corrected chi connectivity index (χ0v) is 8.94. The average Bonchev–Trinajstić information content (AvgIpc) is 1.65. The molecule has 0 aliphatic carbocycles. The molecule has 0 aliphatic heterocycles. The van der Waals surface area contributed by atoms with Crippen molar-refractivity contribution in [3.63, 3.8) is 0 Å². The van der Waals surface area contributed by atoms with E-state index in [1.165, 1.54) is 0 Å². The Morgan fingerprint density at radius 2 is 1.57 bits per heavy atom. The van der Waals surface area contributed by atoms with E-state index in [4.69, 9.17) is 6.58 Å². The smallest absolute Gasteiger partial charge is 0 e. The Bertz CT molecular complexity index is 47.7. The van der Waals surface area contributed by atoms with E-state index in [1.807, 2.05) is 12.5 Å². The van der Waals surface area contributed by atoms with Crippen LogP contribution >= 0.6 is 23.5 Å². The van der Waals surface area contributed by atoms with Gasteiger partial charge in [-0.25, -0.2) is 0 Å². The molecule has 0 heterocycles. The van der Waals surface area contributed by atoms with Gasteiger partial charge in [0.25, 0.3) is 0 Å². The van der Waals surface area contributed by atoms with E-state index in [0.29, 0.717) is 0 Å². The van der Waals surface area contributed by atoms with Crippen LogP contribution in [0.4, 0.5) is 0 Å². The molecule has 0 spiro atoms. The van der Waals surface area contributed by atoms with Crippen LogP contribution in [0.25, 0.3) is 0 Å². The largest absolute Gasteiger partial charge is 0.493 e. The minimum Gasteiger partial charge on any atom is -0.493 e. The summed E-state index contributed by atoms with van der Waals surface area (Å²) in [7, 11) is 0. The molecule has 0 atom stereocenters. The number of thioether (sulfide) groups is 2. The molecule has 0 aliphatic rings. The summed E-state index contributed by atoms with van der Waals surface area (Å²) >= 11 is 3.16. The van der Waals surface area contributed by atoms with E-state index in [9.17, 15) is 0 Å². The van der Waals surface area contributed by atoms with Gasteiger partial charge in [0.2, 0.25) is 0 Å². The van der Waals surface area contributed by atoms with Gasteiger partial charge in [0, 0.05) is 32.7 Å². The summed E-state index contributed by atoms with van der Waals surface area (Å²) in [6.07, 6.45) is 3.93. The molecule has 3 heteroatoms. The van der Waals surface area contributed by atoms with Crippen LogP contribution in [-0.2, 0) is 32.7 Å². The number of rotatable bonds is 2. The topological polar surface area (TPSA) is 0 Å². The van der Waals surface area contributed by atoms with Crippen molar-refractivity contribution in [1.82, 2.24) is 0 Å². The Labute approximate surface area is 78.8 Å². The van der Waals surface area contributed by atoms with Crippen molar-refractivity contribution in [3.8, 4) is 0 Å². The van der Waals surface area contributed by atoms with Crippen molar-refractivity contribution >= 4 is 23.5 Å². The van der Waals surface area contributed by atoms with E-state index >= 15 is 0 Å². The molecule has 0 fully saturated rings. The van der Waals surface area contributed by atoms with Crippen LogP contribution in [0.3, 0.4) is 0 Å². The second kappa shape index (κ2) is 7.54. The zero-order chi connectivity index (χ0) is 4.99. The first-order valence-electron chi connectivity index (χ1n) is 1.51. The third-order valence-corrected chi connectivity index (χ3v) is 2.21. The molecule has 0 aromatic heterocycles. The van der Waals surface area contributed by atoms with Crippen LogP contribution in [0, 0.1) is 6.58 Å². The second-order valence-corrected chi connectivity index (χ2v) is 2.68. The summed E-state index contributed by atoms with van der Waals surface area (Å²) in [5.74, 6) is 0. The molecule has 0 saturated carbocycles. The van der Waals surface area contributed by atoms with Crippen LogP contribution in [0.1, 0.15) is 0 Å². The third-order valence-electron chi connectivity index (χ3n) is 0.402. The Kier molecular flexibility index (Phi) is 12.2. The molecule has 39 valence electrons. The van der Waals surface area contributed by atoms with E-state index in [-0.39, 0.29) is 32.7 Å². The fourth-order valence-corrected chi connectivity index (χ4v) is 0.750. The van der Waals surface area contributed by atoms with Crippen molar-refractivity contribution in [2.75, 3.05) is 12.5 Å². The summed E-state index contributed by atoms with van der Waals surface area (Å²) in [5, 5.41) is 0. The van der Waals surface area contributed by atoms with Gasteiger partial charge in [-0.15, -0.1) is 4.24 Å². The van der Waals surface area contributed by atoms with Gasteiger partial charge in [0.1, 0.15) is 0 Å². The van der Waals surface area contributed by atoms with Gasteiger partial charge in [-0.05, 0) is 12.5 Å². The van der Waals surface area contributed by atoms with Crippen LogP contribution in [0.2, 0.25) is 0 Å². The Hall–Kier alpha value is 1.54. The standard InChI is InChI=1S/C4H7S2.Y/c1-4(5-2)6-3;/h1H,2-3H3;/q-1;. The molecule has 7 heavy (non-hydrogen) atoms. The van der Waals surface area contributed by atoms with Gasteiger partial charge < -0.3 is 6.58 Å². The number of hydrogen-bond acceptors (Lipinski definition) is 2. The molecule has 0 rings (SSSR count). The van der Waals surface area contributed by atoms with E-state index < -0.39 is 0 Å². The van der Waals surface area contributed by atoms with Gasteiger partial charge in [-0.2, -0.15) is 23.5 Å². The van der Waals surface area contributed by atoms with E-state index in [1.54, 1.807) is 23.5 Å². The third kappa shape index (κ3) is 7.54. The average molecular weight is 208 g/mol. The molecular formula is C4H7S2Y-. The minimum atomic E-state index is 0. The van der Waals surface area contributed by atoms with Gasteiger partial charge in [0.15, 0.2) is 0 Å². The first-order valence-corrected chi connectivity index (χ1v) is 3.96. The Morgan fingerprint density at radius 1 is 1.29 bits per heavy atom. The molecule has 0 saturated heterocycles. The van der Waals surface area contributed by atoms with Gasteiger partial charge in [-0.1, -0.05) is 0 Å². The predicted molar refractivity (Wildman–Crippen MR) is 34.8 cm³/mol. The second-order valence-electron chi connectivity index (χ2n) is 0.727. The maximum absolute atomic E-state index is 5.31. The van der Waals surface area contributed by atoms with Crippen molar-refractivity contribution in [1.29, 1.82) is 0 Å². The Balaban J connectivity index is 0.